The second-order valence-corrected chi connectivity index (χ2v) is 10.7. The number of aromatic nitrogens is 6. The first-order valence-electron chi connectivity index (χ1n) is 13.5. The van der Waals surface area contributed by atoms with Crippen molar-refractivity contribution >= 4 is 61.2 Å². The summed E-state index contributed by atoms with van der Waals surface area (Å²) in [4.78, 5) is 17.6. The summed E-state index contributed by atoms with van der Waals surface area (Å²) in [5.74, 6) is 0. The Morgan fingerprint density at radius 1 is 0.571 bits per heavy atom. The fourth-order valence-electron chi connectivity index (χ4n) is 5.44. The summed E-state index contributed by atoms with van der Waals surface area (Å²) in [6.07, 6.45) is 10.9. The van der Waals surface area contributed by atoms with E-state index in [1.807, 2.05) is 38.4 Å². The number of aryl methyl sites for hydroxylation is 2. The predicted octanol–water partition coefficient (Wildman–Crippen LogP) is 7.81. The number of rotatable bonds is 2. The van der Waals surface area contributed by atoms with Crippen molar-refractivity contribution in [3.8, 4) is 22.3 Å². The highest BCUT2D eigenvalue weighted by Gasteiger charge is 2.11. The van der Waals surface area contributed by atoms with Crippen LogP contribution in [0.15, 0.2) is 110 Å². The van der Waals surface area contributed by atoms with Crippen molar-refractivity contribution in [1.82, 2.24) is 29.1 Å². The standard InChI is InChI=1S/C17H12ClN3.C17H14N4/c2*1-21-7-4-11-2-3-12(8-16(11)21)14-9-13(18)10-15-17(14)20-6-5-19-15/h2-10H,1H3;2-10H,18H2,1H3. The molecule has 8 aromatic rings. The Balaban J connectivity index is 0.000000137. The molecule has 0 spiro atoms. The molecular weight excluding hydrogens is 542 g/mol. The van der Waals surface area contributed by atoms with Crippen LogP contribution in [-0.2, 0) is 14.1 Å². The van der Waals surface area contributed by atoms with Crippen molar-refractivity contribution < 1.29 is 0 Å². The molecule has 2 N–H and O–H groups in total. The van der Waals surface area contributed by atoms with Gasteiger partial charge in [-0.15, -0.1) is 0 Å². The monoisotopic (exact) mass is 567 g/mol. The third kappa shape index (κ3) is 4.60. The molecule has 0 atom stereocenters. The lowest BCUT2D eigenvalue weighted by Crippen LogP contribution is -1.92. The van der Waals surface area contributed by atoms with Crippen LogP contribution in [0.4, 0.5) is 5.69 Å². The molecule has 4 heterocycles. The highest BCUT2D eigenvalue weighted by molar-refractivity contribution is 6.31. The van der Waals surface area contributed by atoms with E-state index in [9.17, 15) is 0 Å². The lowest BCUT2D eigenvalue weighted by atomic mass is 10.0. The Morgan fingerprint density at radius 3 is 1.64 bits per heavy atom. The fourth-order valence-corrected chi connectivity index (χ4v) is 5.65. The van der Waals surface area contributed by atoms with Crippen molar-refractivity contribution in [2.45, 2.75) is 0 Å². The summed E-state index contributed by atoms with van der Waals surface area (Å²) >= 11 is 6.23. The number of fused-ring (bicyclic) bond motifs is 4. The quantitative estimate of drug-likeness (QED) is 0.215. The second kappa shape index (κ2) is 10.3. The molecule has 4 aromatic heterocycles. The number of hydrogen-bond donors (Lipinski definition) is 1. The fraction of sp³-hybridized carbons (Fsp3) is 0.0588. The molecule has 204 valence electrons. The Morgan fingerprint density at radius 2 is 1.07 bits per heavy atom. The first-order valence-corrected chi connectivity index (χ1v) is 13.8. The number of nitrogen functional groups attached to an aromatic ring is 1. The summed E-state index contributed by atoms with van der Waals surface area (Å²) in [6.45, 7) is 0. The van der Waals surface area contributed by atoms with Crippen LogP contribution in [0.25, 0.3) is 66.1 Å². The molecule has 0 amide bonds. The number of nitrogens with two attached hydrogens (primary N) is 1. The lowest BCUT2D eigenvalue weighted by molar-refractivity contribution is 0.969. The van der Waals surface area contributed by atoms with Crippen LogP contribution < -0.4 is 5.73 Å². The minimum Gasteiger partial charge on any atom is -0.399 e. The van der Waals surface area contributed by atoms with Crippen LogP contribution >= 0.6 is 11.6 Å². The minimum atomic E-state index is 0.671. The molecule has 42 heavy (non-hydrogen) atoms. The van der Waals surface area contributed by atoms with Gasteiger partial charge in [0.25, 0.3) is 0 Å². The molecule has 7 nitrogen and oxygen atoms in total. The zero-order chi connectivity index (χ0) is 28.8. The Bertz CT molecular complexity index is 2100. The van der Waals surface area contributed by atoms with E-state index in [1.165, 1.54) is 21.8 Å². The summed E-state index contributed by atoms with van der Waals surface area (Å²) in [5.41, 5.74) is 16.7. The highest BCUT2D eigenvalue weighted by atomic mass is 35.5. The maximum atomic E-state index is 6.23. The van der Waals surface area contributed by atoms with Gasteiger partial charge in [-0.2, -0.15) is 0 Å². The van der Waals surface area contributed by atoms with Crippen LogP contribution in [0.5, 0.6) is 0 Å². The summed E-state index contributed by atoms with van der Waals surface area (Å²) in [5, 5.41) is 3.11. The smallest absolute Gasteiger partial charge is 0.0966 e. The molecule has 0 saturated heterocycles. The number of anilines is 1. The van der Waals surface area contributed by atoms with Gasteiger partial charge in [0.05, 0.1) is 22.1 Å². The molecule has 0 fully saturated rings. The van der Waals surface area contributed by atoms with E-state index < -0.39 is 0 Å². The Labute approximate surface area is 246 Å². The first kappa shape index (κ1) is 25.7. The van der Waals surface area contributed by atoms with E-state index >= 15 is 0 Å². The Hall–Kier alpha value is -5.27. The third-order valence-electron chi connectivity index (χ3n) is 7.53. The van der Waals surface area contributed by atoms with E-state index in [2.05, 4.69) is 90.0 Å². The van der Waals surface area contributed by atoms with Gasteiger partial charge in [0.1, 0.15) is 0 Å². The minimum absolute atomic E-state index is 0.671. The SMILES string of the molecule is Cn1ccc2ccc(-c3cc(Cl)cc4nccnc34)cc21.Cn1ccc2ccc(-c3cc(N)cc4nccnc34)cc21. The zero-order valence-corrected chi connectivity index (χ0v) is 23.8. The molecule has 8 rings (SSSR count). The lowest BCUT2D eigenvalue weighted by Gasteiger charge is -2.08. The molecule has 0 radical (unpaired) electrons. The van der Waals surface area contributed by atoms with Crippen molar-refractivity contribution in [1.29, 1.82) is 0 Å². The molecule has 0 saturated carbocycles. The Kier molecular flexibility index (Phi) is 6.29. The van der Waals surface area contributed by atoms with Gasteiger partial charge in [0.2, 0.25) is 0 Å². The highest BCUT2D eigenvalue weighted by Crippen LogP contribution is 2.33. The number of halogens is 1. The summed E-state index contributed by atoms with van der Waals surface area (Å²) in [7, 11) is 4.09. The third-order valence-corrected chi connectivity index (χ3v) is 7.75. The molecule has 8 heteroatoms. The number of benzene rings is 4. The maximum Gasteiger partial charge on any atom is 0.0966 e. The van der Waals surface area contributed by atoms with Gasteiger partial charge in [-0.3, -0.25) is 19.9 Å². The van der Waals surface area contributed by atoms with E-state index in [-0.39, 0.29) is 0 Å². The van der Waals surface area contributed by atoms with Crippen LogP contribution in [-0.4, -0.2) is 29.1 Å². The number of hydrogen-bond acceptors (Lipinski definition) is 5. The van der Waals surface area contributed by atoms with Gasteiger partial charge in [-0.1, -0.05) is 35.9 Å². The van der Waals surface area contributed by atoms with Gasteiger partial charge < -0.3 is 14.9 Å². The topological polar surface area (TPSA) is 87.4 Å². The van der Waals surface area contributed by atoms with Crippen molar-refractivity contribution in [3.05, 3.63) is 115 Å². The first-order chi connectivity index (χ1) is 20.4. The van der Waals surface area contributed by atoms with Crippen molar-refractivity contribution in [3.63, 3.8) is 0 Å². The average molecular weight is 568 g/mol. The average Bonchev–Trinajstić information content (AvgIpc) is 3.57. The van der Waals surface area contributed by atoms with Crippen LogP contribution in [0.3, 0.4) is 0 Å². The van der Waals surface area contributed by atoms with Gasteiger partial charge in [0, 0.05) is 84.1 Å². The van der Waals surface area contributed by atoms with E-state index in [0.717, 1.165) is 44.3 Å². The number of nitrogens with zero attached hydrogens (tertiary/aromatic N) is 6. The molecular formula is C34H26ClN7. The maximum absolute atomic E-state index is 6.23. The summed E-state index contributed by atoms with van der Waals surface area (Å²) < 4.78 is 4.22. The van der Waals surface area contributed by atoms with Crippen LogP contribution in [0.2, 0.25) is 5.02 Å². The molecule has 0 aliphatic carbocycles. The largest absolute Gasteiger partial charge is 0.399 e. The molecule has 0 bridgehead atoms. The van der Waals surface area contributed by atoms with Crippen LogP contribution in [0.1, 0.15) is 0 Å². The van der Waals surface area contributed by atoms with E-state index in [0.29, 0.717) is 10.7 Å². The van der Waals surface area contributed by atoms with Gasteiger partial charge in [-0.25, -0.2) is 0 Å². The predicted molar refractivity (Wildman–Crippen MR) is 172 cm³/mol. The molecule has 0 aliphatic heterocycles. The second-order valence-electron chi connectivity index (χ2n) is 10.3. The zero-order valence-electron chi connectivity index (χ0n) is 23.0. The van der Waals surface area contributed by atoms with Gasteiger partial charge in [0.15, 0.2) is 0 Å². The van der Waals surface area contributed by atoms with Crippen molar-refractivity contribution in [2.24, 2.45) is 14.1 Å². The van der Waals surface area contributed by atoms with Crippen LogP contribution in [0, 0.1) is 0 Å². The molecule has 0 unspecified atom stereocenters. The summed E-state index contributed by atoms with van der Waals surface area (Å²) in [6, 6.07) is 24.6. The van der Waals surface area contributed by atoms with Gasteiger partial charge in [-0.05, 0) is 70.4 Å². The van der Waals surface area contributed by atoms with Crippen molar-refractivity contribution in [2.75, 3.05) is 5.73 Å². The van der Waals surface area contributed by atoms with E-state index in [1.54, 1.807) is 24.8 Å². The normalized spacial score (nSPS) is 11.3. The molecule has 4 aromatic carbocycles. The van der Waals surface area contributed by atoms with E-state index in [4.69, 9.17) is 17.3 Å². The van der Waals surface area contributed by atoms with Gasteiger partial charge >= 0.3 is 0 Å². The molecule has 0 aliphatic rings.